The number of H-pyrrole nitrogens is 1. The van der Waals surface area contributed by atoms with Crippen LogP contribution in [0.3, 0.4) is 0 Å². The van der Waals surface area contributed by atoms with Gasteiger partial charge in [-0.2, -0.15) is 5.43 Å². The largest absolute Gasteiger partial charge is 0.477 e. The van der Waals surface area contributed by atoms with Crippen LogP contribution in [0.1, 0.15) is 30.9 Å². The lowest BCUT2D eigenvalue weighted by Crippen LogP contribution is -2.82. The molecule has 2 aromatic carbocycles. The zero-order valence-corrected chi connectivity index (χ0v) is 21.6. The van der Waals surface area contributed by atoms with Crippen LogP contribution in [-0.2, 0) is 25.7 Å². The number of β-lactam (4-membered cyclic amide) rings is 1. The second-order valence-electron chi connectivity index (χ2n) is 9.83. The first-order chi connectivity index (χ1) is 18.1. The summed E-state index contributed by atoms with van der Waals surface area (Å²) in [6.45, 7) is 3.14. The van der Waals surface area contributed by atoms with Crippen molar-refractivity contribution in [2.75, 3.05) is 11.9 Å². The second kappa shape index (κ2) is 9.46. The number of amides is 3. The van der Waals surface area contributed by atoms with Crippen LogP contribution < -0.4 is 16.5 Å². The van der Waals surface area contributed by atoms with Crippen LogP contribution in [0.25, 0.3) is 10.9 Å². The number of nitrogens with zero attached hydrogens (tertiary/aromatic N) is 1. The molecule has 5 rings (SSSR count). The Morgan fingerprint density at radius 1 is 1.13 bits per heavy atom. The van der Waals surface area contributed by atoms with Crippen molar-refractivity contribution in [1.29, 1.82) is 0 Å². The Labute approximate surface area is 222 Å². The number of carbonyl (C=O) groups is 4. The Morgan fingerprint density at radius 2 is 1.82 bits per heavy atom. The highest BCUT2D eigenvalue weighted by Crippen LogP contribution is 2.62. The van der Waals surface area contributed by atoms with Crippen LogP contribution >= 0.6 is 11.8 Å². The Morgan fingerprint density at radius 3 is 2.50 bits per heavy atom. The standard InChI is InChI=1S/C26H27N5O6S/c1-26(2)20(24(34)35)31(30-17(32)12-27)22(33)19(23(31)38-26)18-15-10-6-7-11-16(15)28-21(18)29-25(36)37-13-14-8-4-3-5-9-14/h3-11,19-20,23,28H,12-13,27H2,1-2H3,(H2-,29,30,32,34,35,36)/p+1/t19-,20+,23-,31?/m1/s1. The zero-order chi connectivity index (χ0) is 27.2. The van der Waals surface area contributed by atoms with Gasteiger partial charge in [0.1, 0.15) is 12.4 Å². The predicted molar refractivity (Wildman–Crippen MR) is 141 cm³/mol. The van der Waals surface area contributed by atoms with Gasteiger partial charge < -0.3 is 20.6 Å². The van der Waals surface area contributed by atoms with Crippen molar-refractivity contribution in [3.63, 3.8) is 0 Å². The van der Waals surface area contributed by atoms with E-state index in [2.05, 4.69) is 15.7 Å². The number of hydrogen-bond donors (Lipinski definition) is 5. The van der Waals surface area contributed by atoms with Crippen LogP contribution in [0.15, 0.2) is 54.6 Å². The Hall–Kier alpha value is -3.87. The molecule has 0 bridgehead atoms. The van der Waals surface area contributed by atoms with E-state index in [1.54, 1.807) is 13.8 Å². The van der Waals surface area contributed by atoms with Crippen LogP contribution in [0.4, 0.5) is 10.6 Å². The van der Waals surface area contributed by atoms with Gasteiger partial charge in [-0.15, -0.1) is 4.59 Å². The number of benzene rings is 2. The molecule has 3 amide bonds. The fourth-order valence-electron chi connectivity index (χ4n) is 5.54. The highest BCUT2D eigenvalue weighted by atomic mass is 32.2. The van der Waals surface area contributed by atoms with Crippen molar-refractivity contribution >= 4 is 52.4 Å². The molecule has 0 saturated carbocycles. The minimum absolute atomic E-state index is 0.0582. The number of rotatable bonds is 7. The lowest BCUT2D eigenvalue weighted by atomic mass is 9.84. The molecule has 1 unspecified atom stereocenters. The Kier molecular flexibility index (Phi) is 6.41. The number of anilines is 1. The average molecular weight is 539 g/mol. The van der Waals surface area contributed by atoms with Crippen LogP contribution in [-0.4, -0.2) is 61.3 Å². The first kappa shape index (κ1) is 25.8. The molecule has 2 saturated heterocycles. The number of nitrogens with two attached hydrogens (primary N) is 1. The number of aromatic amines is 1. The van der Waals surface area contributed by atoms with Gasteiger partial charge in [0.15, 0.2) is 11.3 Å². The summed E-state index contributed by atoms with van der Waals surface area (Å²) >= 11 is 1.32. The van der Waals surface area contributed by atoms with E-state index in [0.29, 0.717) is 16.5 Å². The topological polar surface area (TPSA) is 164 Å². The maximum absolute atomic E-state index is 14.0. The molecule has 2 fully saturated rings. The number of carboxylic acid groups (broad SMARTS) is 1. The molecular weight excluding hydrogens is 510 g/mol. The number of aliphatic carboxylic acids is 1. The van der Waals surface area contributed by atoms with Gasteiger partial charge in [-0.25, -0.2) is 14.4 Å². The maximum atomic E-state index is 14.0. The van der Waals surface area contributed by atoms with Gasteiger partial charge in [0, 0.05) is 16.5 Å². The summed E-state index contributed by atoms with van der Waals surface area (Å²) in [4.78, 5) is 54.7. The number of fused-ring (bicyclic) bond motifs is 2. The molecule has 0 radical (unpaired) electrons. The molecule has 11 nitrogen and oxygen atoms in total. The van der Waals surface area contributed by atoms with Gasteiger partial charge in [-0.05, 0) is 25.5 Å². The minimum atomic E-state index is -1.23. The van der Waals surface area contributed by atoms with E-state index in [0.717, 1.165) is 5.56 Å². The van der Waals surface area contributed by atoms with E-state index in [9.17, 15) is 24.3 Å². The summed E-state index contributed by atoms with van der Waals surface area (Å²) in [5, 5.41) is 12.9. The van der Waals surface area contributed by atoms with E-state index in [-0.39, 0.29) is 12.4 Å². The van der Waals surface area contributed by atoms with Crippen molar-refractivity contribution in [2.24, 2.45) is 5.73 Å². The van der Waals surface area contributed by atoms with Gasteiger partial charge in [-0.3, -0.25) is 10.1 Å². The monoisotopic (exact) mass is 538 g/mol. The van der Waals surface area contributed by atoms with Crippen molar-refractivity contribution in [1.82, 2.24) is 10.4 Å². The number of quaternary nitrogens is 1. The highest BCUT2D eigenvalue weighted by molar-refractivity contribution is 8.01. The number of ether oxygens (including phenoxy) is 1. The molecule has 0 aliphatic carbocycles. The molecule has 38 heavy (non-hydrogen) atoms. The van der Waals surface area contributed by atoms with E-state index in [1.807, 2.05) is 54.6 Å². The third kappa shape index (κ3) is 4.01. The number of hydrogen-bond acceptors (Lipinski definition) is 7. The summed E-state index contributed by atoms with van der Waals surface area (Å²) in [6.07, 6.45) is -0.714. The third-order valence-electron chi connectivity index (χ3n) is 7.03. The van der Waals surface area contributed by atoms with Gasteiger partial charge >= 0.3 is 18.0 Å². The average Bonchev–Trinajstić information content (AvgIpc) is 3.33. The summed E-state index contributed by atoms with van der Waals surface area (Å²) in [7, 11) is 0. The zero-order valence-electron chi connectivity index (χ0n) is 20.8. The molecule has 2 aliphatic rings. The summed E-state index contributed by atoms with van der Waals surface area (Å²) < 4.78 is 3.75. The first-order valence-electron chi connectivity index (χ1n) is 12.0. The van der Waals surface area contributed by atoms with E-state index in [1.165, 1.54) is 11.8 Å². The normalized spacial score (nSPS) is 25.3. The Bertz CT molecular complexity index is 1440. The number of thioether (sulfide) groups is 1. The molecule has 4 atom stereocenters. The molecular formula is C26H28N5O6S+. The van der Waals surface area contributed by atoms with E-state index in [4.69, 9.17) is 10.5 Å². The predicted octanol–water partition coefficient (Wildman–Crippen LogP) is 2.65. The van der Waals surface area contributed by atoms with E-state index >= 15 is 0 Å². The first-order valence-corrected chi connectivity index (χ1v) is 12.9. The molecule has 6 N–H and O–H groups in total. The maximum Gasteiger partial charge on any atom is 0.413 e. The van der Waals surface area contributed by atoms with Crippen molar-refractivity contribution in [2.45, 2.75) is 42.5 Å². The number of nitrogens with one attached hydrogen (secondary N) is 3. The third-order valence-corrected chi connectivity index (χ3v) is 8.71. The molecule has 1 aromatic heterocycles. The molecule has 2 aliphatic heterocycles. The van der Waals surface area contributed by atoms with Crippen molar-refractivity contribution < 1.29 is 33.6 Å². The number of carbonyl (C=O) groups excluding carboxylic acids is 3. The summed E-state index contributed by atoms with van der Waals surface area (Å²) in [5.74, 6) is -2.86. The van der Waals surface area contributed by atoms with Gasteiger partial charge in [0.05, 0.1) is 11.3 Å². The molecule has 3 aromatic rings. The smallest absolute Gasteiger partial charge is 0.413 e. The van der Waals surface area contributed by atoms with Crippen LogP contribution in [0.2, 0.25) is 0 Å². The van der Waals surface area contributed by atoms with Gasteiger partial charge in [0.25, 0.3) is 5.91 Å². The lowest BCUT2D eigenvalue weighted by Gasteiger charge is -2.49. The molecule has 0 spiro atoms. The van der Waals surface area contributed by atoms with Crippen LogP contribution in [0, 0.1) is 0 Å². The van der Waals surface area contributed by atoms with Gasteiger partial charge in [0.2, 0.25) is 6.04 Å². The van der Waals surface area contributed by atoms with Crippen LogP contribution in [0.5, 0.6) is 0 Å². The van der Waals surface area contributed by atoms with Crippen molar-refractivity contribution in [3.8, 4) is 0 Å². The molecule has 12 heteroatoms. The fourth-order valence-corrected chi connectivity index (χ4v) is 7.39. The Balaban J connectivity index is 1.52. The molecule has 3 heterocycles. The lowest BCUT2D eigenvalue weighted by molar-refractivity contribution is -0.937. The fraction of sp³-hybridized carbons (Fsp3) is 0.308. The molecule has 198 valence electrons. The van der Waals surface area contributed by atoms with Gasteiger partial charge in [-0.1, -0.05) is 60.3 Å². The number of para-hydroxylation sites is 1. The minimum Gasteiger partial charge on any atom is -0.477 e. The van der Waals surface area contributed by atoms with E-state index < -0.39 is 57.1 Å². The second-order valence-corrected chi connectivity index (χ2v) is 11.6. The van der Waals surface area contributed by atoms with Crippen molar-refractivity contribution in [3.05, 3.63) is 65.7 Å². The number of carboxylic acids is 1. The summed E-state index contributed by atoms with van der Waals surface area (Å²) in [6, 6.07) is 15.2. The SMILES string of the molecule is CC1(C)S[C@@H]2[C@H](c3c(NC(=O)OCc4ccccc4)[nH]c4ccccc34)C(=O)[N+]2(NC(=O)CN)[C@H]1C(=O)O. The highest BCUT2D eigenvalue weighted by Gasteiger charge is 2.80. The summed E-state index contributed by atoms with van der Waals surface area (Å²) in [5.41, 5.74) is 10.1. The number of aromatic nitrogens is 1. The quantitative estimate of drug-likeness (QED) is 0.226.